The van der Waals surface area contributed by atoms with Crippen LogP contribution in [0.4, 0.5) is 0 Å². The first kappa shape index (κ1) is 17.8. The first-order valence-corrected chi connectivity index (χ1v) is 9.31. The van der Waals surface area contributed by atoms with Gasteiger partial charge in [0, 0.05) is 48.2 Å². The third-order valence-electron chi connectivity index (χ3n) is 5.54. The standard InChI is InChI=1S/C22H25N3O2/c1-14-10-15(2)21-18-13-24(3)9-8-19(18)25(20(21)11-14)12-16-4-6-17(7-5-16)22(26)23-27/h4-7,10-11,27H,8-9,12-13H2,1-3H3,(H,23,26). The monoisotopic (exact) mass is 363 g/mol. The molecule has 1 amide bonds. The number of carbonyl (C=O) groups is 1. The lowest BCUT2D eigenvalue weighted by atomic mass is 10.0. The summed E-state index contributed by atoms with van der Waals surface area (Å²) in [4.78, 5) is 13.9. The van der Waals surface area contributed by atoms with E-state index in [0.717, 1.165) is 31.6 Å². The van der Waals surface area contributed by atoms with E-state index < -0.39 is 5.91 Å². The fourth-order valence-electron chi connectivity index (χ4n) is 4.29. The van der Waals surface area contributed by atoms with Crippen LogP contribution in [0.3, 0.4) is 0 Å². The summed E-state index contributed by atoms with van der Waals surface area (Å²) in [7, 11) is 2.18. The number of aromatic nitrogens is 1. The molecule has 0 spiro atoms. The van der Waals surface area contributed by atoms with Crippen LogP contribution in [0.25, 0.3) is 10.9 Å². The van der Waals surface area contributed by atoms with Gasteiger partial charge in [0.1, 0.15) is 0 Å². The van der Waals surface area contributed by atoms with Crippen LogP contribution in [-0.2, 0) is 19.5 Å². The van der Waals surface area contributed by atoms with Crippen molar-refractivity contribution >= 4 is 16.8 Å². The number of aryl methyl sites for hydroxylation is 2. The van der Waals surface area contributed by atoms with Crippen molar-refractivity contribution in [3.63, 3.8) is 0 Å². The number of hydrogen-bond donors (Lipinski definition) is 2. The number of nitrogens with zero attached hydrogens (tertiary/aromatic N) is 2. The molecule has 0 saturated heterocycles. The number of rotatable bonds is 3. The second-order valence-electron chi connectivity index (χ2n) is 7.61. The number of benzene rings is 2. The molecule has 0 atom stereocenters. The van der Waals surface area contributed by atoms with Crippen molar-refractivity contribution in [2.75, 3.05) is 13.6 Å². The molecule has 1 aliphatic rings. The minimum absolute atomic E-state index is 0.453. The highest BCUT2D eigenvalue weighted by atomic mass is 16.5. The van der Waals surface area contributed by atoms with Crippen LogP contribution < -0.4 is 5.48 Å². The average Bonchev–Trinajstić information content (AvgIpc) is 2.94. The number of carbonyl (C=O) groups excluding carboxylic acids is 1. The van der Waals surface area contributed by atoms with Gasteiger partial charge in [0.05, 0.1) is 0 Å². The van der Waals surface area contributed by atoms with Crippen molar-refractivity contribution in [1.82, 2.24) is 14.9 Å². The molecule has 4 rings (SSSR count). The highest BCUT2D eigenvalue weighted by Crippen LogP contribution is 2.34. The van der Waals surface area contributed by atoms with E-state index in [1.54, 1.807) is 17.6 Å². The first-order valence-electron chi connectivity index (χ1n) is 9.31. The molecule has 1 aliphatic heterocycles. The molecule has 140 valence electrons. The molecule has 2 N–H and O–H groups in total. The zero-order chi connectivity index (χ0) is 19.1. The maximum Gasteiger partial charge on any atom is 0.274 e. The summed E-state index contributed by atoms with van der Waals surface area (Å²) in [5.41, 5.74) is 10.1. The van der Waals surface area contributed by atoms with E-state index in [2.05, 4.69) is 42.5 Å². The van der Waals surface area contributed by atoms with Gasteiger partial charge < -0.3 is 9.47 Å². The van der Waals surface area contributed by atoms with Crippen LogP contribution in [-0.4, -0.2) is 34.2 Å². The average molecular weight is 363 g/mol. The Hall–Kier alpha value is -2.63. The van der Waals surface area contributed by atoms with Crippen molar-refractivity contribution in [3.8, 4) is 0 Å². The van der Waals surface area contributed by atoms with E-state index in [-0.39, 0.29) is 0 Å². The van der Waals surface area contributed by atoms with Crippen molar-refractivity contribution in [2.45, 2.75) is 33.4 Å². The molecule has 5 heteroatoms. The van der Waals surface area contributed by atoms with Gasteiger partial charge in [0.25, 0.3) is 5.91 Å². The van der Waals surface area contributed by atoms with Crippen LogP contribution in [0, 0.1) is 13.8 Å². The predicted octanol–water partition coefficient (Wildman–Crippen LogP) is 3.41. The van der Waals surface area contributed by atoms with E-state index in [9.17, 15) is 4.79 Å². The maximum absolute atomic E-state index is 11.5. The molecule has 27 heavy (non-hydrogen) atoms. The summed E-state index contributed by atoms with van der Waals surface area (Å²) < 4.78 is 2.44. The van der Waals surface area contributed by atoms with E-state index in [4.69, 9.17) is 5.21 Å². The summed E-state index contributed by atoms with van der Waals surface area (Å²) >= 11 is 0. The van der Waals surface area contributed by atoms with Gasteiger partial charge in [-0.1, -0.05) is 18.2 Å². The molecule has 0 radical (unpaired) electrons. The minimum atomic E-state index is -0.486. The fraction of sp³-hybridized carbons (Fsp3) is 0.318. The molecular weight excluding hydrogens is 338 g/mol. The number of fused-ring (bicyclic) bond motifs is 3. The van der Waals surface area contributed by atoms with E-state index in [1.807, 2.05) is 12.1 Å². The van der Waals surface area contributed by atoms with Gasteiger partial charge in [-0.2, -0.15) is 0 Å². The van der Waals surface area contributed by atoms with Gasteiger partial charge in [-0.25, -0.2) is 5.48 Å². The van der Waals surface area contributed by atoms with E-state index >= 15 is 0 Å². The molecule has 0 bridgehead atoms. The molecule has 5 nitrogen and oxygen atoms in total. The molecule has 2 heterocycles. The number of hydrogen-bond acceptors (Lipinski definition) is 3. The minimum Gasteiger partial charge on any atom is -0.340 e. The number of amides is 1. The van der Waals surface area contributed by atoms with Gasteiger partial charge in [-0.05, 0) is 61.3 Å². The first-order chi connectivity index (χ1) is 13.0. The second-order valence-corrected chi connectivity index (χ2v) is 7.61. The second kappa shape index (κ2) is 6.83. The Bertz CT molecular complexity index is 1020. The largest absolute Gasteiger partial charge is 0.340 e. The summed E-state index contributed by atoms with van der Waals surface area (Å²) in [6.45, 7) is 7.18. The summed E-state index contributed by atoms with van der Waals surface area (Å²) in [5.74, 6) is -0.486. The van der Waals surface area contributed by atoms with Crippen LogP contribution >= 0.6 is 0 Å². The van der Waals surface area contributed by atoms with Crippen LogP contribution in [0.1, 0.15) is 38.3 Å². The van der Waals surface area contributed by atoms with Crippen molar-refractivity contribution in [3.05, 3.63) is 69.9 Å². The van der Waals surface area contributed by atoms with Gasteiger partial charge in [0.2, 0.25) is 0 Å². The number of hydroxylamine groups is 1. The van der Waals surface area contributed by atoms with Gasteiger partial charge in [-0.3, -0.25) is 10.0 Å². The SMILES string of the molecule is Cc1cc(C)c2c3c(n(Cc4ccc(C(=O)NO)cc4)c2c1)CCN(C)C3. The lowest BCUT2D eigenvalue weighted by Gasteiger charge is -2.24. The zero-order valence-electron chi connectivity index (χ0n) is 16.0. The highest BCUT2D eigenvalue weighted by molar-refractivity contribution is 5.93. The third kappa shape index (κ3) is 3.13. The highest BCUT2D eigenvalue weighted by Gasteiger charge is 2.23. The van der Waals surface area contributed by atoms with Crippen LogP contribution in [0.5, 0.6) is 0 Å². The zero-order valence-corrected chi connectivity index (χ0v) is 16.0. The Morgan fingerprint density at radius 3 is 2.63 bits per heavy atom. The van der Waals surface area contributed by atoms with E-state index in [0.29, 0.717) is 5.56 Å². The Morgan fingerprint density at radius 2 is 1.93 bits per heavy atom. The van der Waals surface area contributed by atoms with Crippen molar-refractivity contribution in [2.24, 2.45) is 0 Å². The molecule has 0 aliphatic carbocycles. The van der Waals surface area contributed by atoms with Crippen molar-refractivity contribution < 1.29 is 10.0 Å². The normalized spacial score (nSPS) is 14.4. The Kier molecular flexibility index (Phi) is 4.50. The maximum atomic E-state index is 11.5. The van der Waals surface area contributed by atoms with Crippen molar-refractivity contribution in [1.29, 1.82) is 0 Å². The van der Waals surface area contributed by atoms with Gasteiger partial charge in [-0.15, -0.1) is 0 Å². The molecule has 0 fully saturated rings. The molecule has 1 aromatic heterocycles. The summed E-state index contributed by atoms with van der Waals surface area (Å²) in [6, 6.07) is 12.0. The quantitative estimate of drug-likeness (QED) is 0.554. The Labute approximate surface area is 159 Å². The van der Waals surface area contributed by atoms with E-state index in [1.165, 1.54) is 33.3 Å². The Balaban J connectivity index is 1.80. The number of nitrogens with one attached hydrogen (secondary N) is 1. The van der Waals surface area contributed by atoms with Gasteiger partial charge in [0.15, 0.2) is 0 Å². The molecular formula is C22H25N3O2. The van der Waals surface area contributed by atoms with Crippen LogP contribution in [0.2, 0.25) is 0 Å². The molecule has 0 unspecified atom stereocenters. The topological polar surface area (TPSA) is 57.5 Å². The summed E-state index contributed by atoms with van der Waals surface area (Å²) in [6.07, 6.45) is 1.05. The fourth-order valence-corrected chi connectivity index (χ4v) is 4.29. The predicted molar refractivity (Wildman–Crippen MR) is 106 cm³/mol. The molecule has 3 aromatic rings. The lowest BCUT2D eigenvalue weighted by Crippen LogP contribution is -2.27. The molecule has 0 saturated carbocycles. The third-order valence-corrected chi connectivity index (χ3v) is 5.54. The number of likely N-dealkylation sites (N-methyl/N-ethyl adjacent to an activating group) is 1. The smallest absolute Gasteiger partial charge is 0.274 e. The Morgan fingerprint density at radius 1 is 1.19 bits per heavy atom. The summed E-state index contributed by atoms with van der Waals surface area (Å²) in [5, 5.41) is 10.2. The van der Waals surface area contributed by atoms with Gasteiger partial charge >= 0.3 is 0 Å². The molecule has 2 aromatic carbocycles. The lowest BCUT2D eigenvalue weighted by molar-refractivity contribution is 0.0706. The van der Waals surface area contributed by atoms with Crippen LogP contribution in [0.15, 0.2) is 36.4 Å².